The van der Waals surface area contributed by atoms with Crippen molar-refractivity contribution >= 4 is 17.5 Å². The number of nitrogens with zero attached hydrogens (tertiary/aromatic N) is 2. The van der Waals surface area contributed by atoms with Crippen molar-refractivity contribution in [3.8, 4) is 0 Å². The Morgan fingerprint density at radius 3 is 2.55 bits per heavy atom. The van der Waals surface area contributed by atoms with Crippen LogP contribution in [0.15, 0.2) is 42.6 Å². The van der Waals surface area contributed by atoms with Gasteiger partial charge in [0, 0.05) is 19.2 Å². The molecule has 1 fully saturated rings. The van der Waals surface area contributed by atoms with Gasteiger partial charge in [0.25, 0.3) is 0 Å². The van der Waals surface area contributed by atoms with Gasteiger partial charge in [0.15, 0.2) is 0 Å². The molecule has 2 aromatic rings. The van der Waals surface area contributed by atoms with Crippen LogP contribution >= 0.6 is 11.6 Å². The lowest BCUT2D eigenvalue weighted by atomic mass is 9.99. The number of hydrogen-bond donors (Lipinski definition) is 2. The van der Waals surface area contributed by atoms with E-state index in [0.717, 1.165) is 38.8 Å². The van der Waals surface area contributed by atoms with Crippen LogP contribution in [0, 0.1) is 5.92 Å². The molecule has 2 N–H and O–H groups in total. The number of pyridine rings is 1. The molecule has 1 aromatic carbocycles. The Kier molecular flexibility index (Phi) is 6.48. The van der Waals surface area contributed by atoms with Crippen molar-refractivity contribution in [1.29, 1.82) is 0 Å². The minimum absolute atomic E-state index is 0.00575. The van der Waals surface area contributed by atoms with Gasteiger partial charge in [-0.25, -0.2) is 4.98 Å². The molecular formula is C23H28ClN3O2. The van der Waals surface area contributed by atoms with Crippen LogP contribution in [0.2, 0.25) is 5.15 Å². The third-order valence-electron chi connectivity index (χ3n) is 6.08. The van der Waals surface area contributed by atoms with E-state index in [4.69, 9.17) is 11.6 Å². The summed E-state index contributed by atoms with van der Waals surface area (Å²) >= 11 is 6.01. The molecule has 1 saturated heterocycles. The molecule has 1 aliphatic carbocycles. The van der Waals surface area contributed by atoms with Crippen molar-refractivity contribution in [3.63, 3.8) is 0 Å². The van der Waals surface area contributed by atoms with E-state index in [-0.39, 0.29) is 11.9 Å². The van der Waals surface area contributed by atoms with Crippen LogP contribution in [0.3, 0.4) is 0 Å². The summed E-state index contributed by atoms with van der Waals surface area (Å²) in [4.78, 5) is 19.2. The van der Waals surface area contributed by atoms with Crippen molar-refractivity contribution in [1.82, 2.24) is 15.2 Å². The van der Waals surface area contributed by atoms with Crippen molar-refractivity contribution in [2.75, 3.05) is 19.6 Å². The van der Waals surface area contributed by atoms with Gasteiger partial charge in [0.2, 0.25) is 5.91 Å². The number of fused-ring (bicyclic) bond motifs is 1. The fraction of sp³-hybridized carbons (Fsp3) is 0.478. The number of aliphatic hydroxyl groups is 1. The molecule has 29 heavy (non-hydrogen) atoms. The van der Waals surface area contributed by atoms with E-state index in [1.165, 1.54) is 11.1 Å². The lowest BCUT2D eigenvalue weighted by molar-refractivity contribution is -0.123. The van der Waals surface area contributed by atoms with Crippen LogP contribution in [0.5, 0.6) is 0 Å². The topological polar surface area (TPSA) is 65.5 Å². The number of carbonyl (C=O) groups excluding carboxylic acids is 1. The van der Waals surface area contributed by atoms with E-state index < -0.39 is 6.10 Å². The number of nitrogens with one attached hydrogen (secondary N) is 1. The van der Waals surface area contributed by atoms with Crippen LogP contribution in [-0.4, -0.2) is 46.6 Å². The molecule has 0 spiro atoms. The lowest BCUT2D eigenvalue weighted by Crippen LogP contribution is -2.47. The predicted octanol–water partition coefficient (Wildman–Crippen LogP) is 3.15. The maximum absolute atomic E-state index is 12.9. The Morgan fingerprint density at radius 2 is 1.90 bits per heavy atom. The molecule has 2 heterocycles. The largest absolute Gasteiger partial charge is 0.386 e. The van der Waals surface area contributed by atoms with Crippen molar-refractivity contribution in [2.24, 2.45) is 5.92 Å². The number of hydrogen-bond acceptors (Lipinski definition) is 4. The highest BCUT2D eigenvalue weighted by atomic mass is 35.5. The molecule has 2 aliphatic rings. The molecule has 1 aromatic heterocycles. The summed E-state index contributed by atoms with van der Waals surface area (Å²) in [6.07, 6.45) is 5.48. The number of rotatable bonds is 7. The van der Waals surface area contributed by atoms with E-state index in [0.29, 0.717) is 29.6 Å². The Bertz CT molecular complexity index is 829. The lowest BCUT2D eigenvalue weighted by Gasteiger charge is -2.29. The van der Waals surface area contributed by atoms with Gasteiger partial charge in [-0.2, -0.15) is 0 Å². The van der Waals surface area contributed by atoms with Crippen LogP contribution in [-0.2, 0) is 17.6 Å². The Hall–Kier alpha value is -1.95. The molecule has 5 nitrogen and oxygen atoms in total. The highest BCUT2D eigenvalue weighted by Gasteiger charge is 2.29. The summed E-state index contributed by atoms with van der Waals surface area (Å²) in [6.45, 7) is 2.65. The maximum atomic E-state index is 12.9. The molecule has 0 saturated carbocycles. The number of aromatic nitrogens is 1. The van der Waals surface area contributed by atoms with Crippen molar-refractivity contribution < 1.29 is 9.90 Å². The third-order valence-corrected chi connectivity index (χ3v) is 6.29. The first-order valence-corrected chi connectivity index (χ1v) is 10.8. The van der Waals surface area contributed by atoms with E-state index in [1.807, 2.05) is 0 Å². The van der Waals surface area contributed by atoms with Gasteiger partial charge in [0.05, 0.1) is 6.04 Å². The summed E-state index contributed by atoms with van der Waals surface area (Å²) in [6, 6.07) is 11.5. The number of aliphatic hydroxyl groups excluding tert-OH is 1. The fourth-order valence-electron chi connectivity index (χ4n) is 4.62. The van der Waals surface area contributed by atoms with Gasteiger partial charge >= 0.3 is 0 Å². The van der Waals surface area contributed by atoms with Gasteiger partial charge in [0.1, 0.15) is 11.3 Å². The number of halogens is 1. The van der Waals surface area contributed by atoms with E-state index in [9.17, 15) is 9.90 Å². The average molecular weight is 414 g/mol. The number of amides is 1. The molecule has 4 rings (SSSR count). The van der Waals surface area contributed by atoms with Crippen LogP contribution in [0.25, 0.3) is 0 Å². The normalized spacial score (nSPS) is 19.1. The van der Waals surface area contributed by atoms with Gasteiger partial charge in [-0.05, 0) is 73.5 Å². The zero-order chi connectivity index (χ0) is 20.2. The summed E-state index contributed by atoms with van der Waals surface area (Å²) in [5.74, 6) is 0.332. The van der Waals surface area contributed by atoms with Crippen molar-refractivity contribution in [3.05, 3.63) is 64.4 Å². The summed E-state index contributed by atoms with van der Waals surface area (Å²) < 4.78 is 0. The third kappa shape index (κ3) is 5.16. The first-order valence-electron chi connectivity index (χ1n) is 10.5. The van der Waals surface area contributed by atoms with E-state index in [2.05, 4.69) is 39.5 Å². The molecular weight excluding hydrogens is 386 g/mol. The minimum atomic E-state index is -0.819. The standard InChI is InChI=1S/C23H28ClN3O2/c24-21-14-19(7-8-25-21)23(29)20(15-27-9-3-4-10-27)26-22(28)13-16-11-17-5-1-2-6-18(17)12-16/h1-2,5-8,14,16,20,23,29H,3-4,9-13,15H2,(H,26,28)/t20-,23-/m1/s1. The number of benzene rings is 1. The summed E-state index contributed by atoms with van der Waals surface area (Å²) in [5.41, 5.74) is 3.39. The molecule has 0 unspecified atom stereocenters. The molecule has 1 amide bonds. The SMILES string of the molecule is O=C(CC1Cc2ccccc2C1)N[C@H](CN1CCCC1)[C@H](O)c1ccnc(Cl)c1. The van der Waals surface area contributed by atoms with E-state index >= 15 is 0 Å². The highest BCUT2D eigenvalue weighted by molar-refractivity contribution is 6.29. The van der Waals surface area contributed by atoms with Crippen molar-refractivity contribution in [2.45, 2.75) is 44.2 Å². The van der Waals surface area contributed by atoms with Gasteiger partial charge < -0.3 is 15.3 Å². The second-order valence-electron chi connectivity index (χ2n) is 8.29. The Labute approximate surface area is 177 Å². The van der Waals surface area contributed by atoms with Gasteiger partial charge in [-0.3, -0.25) is 4.79 Å². The second-order valence-corrected chi connectivity index (χ2v) is 8.67. The molecule has 0 bridgehead atoms. The first-order chi connectivity index (χ1) is 14.1. The Balaban J connectivity index is 1.41. The second kappa shape index (κ2) is 9.24. The monoisotopic (exact) mass is 413 g/mol. The van der Waals surface area contributed by atoms with E-state index in [1.54, 1.807) is 18.3 Å². The van der Waals surface area contributed by atoms with Crippen LogP contribution in [0.4, 0.5) is 0 Å². The fourth-order valence-corrected chi connectivity index (χ4v) is 4.81. The quantitative estimate of drug-likeness (QED) is 0.684. The average Bonchev–Trinajstić information content (AvgIpc) is 3.35. The zero-order valence-corrected chi connectivity index (χ0v) is 17.3. The summed E-state index contributed by atoms with van der Waals surface area (Å²) in [5, 5.41) is 14.5. The first kappa shape index (κ1) is 20.3. The molecule has 154 valence electrons. The molecule has 2 atom stereocenters. The molecule has 0 radical (unpaired) electrons. The van der Waals surface area contributed by atoms with Gasteiger partial charge in [-0.15, -0.1) is 0 Å². The molecule has 1 aliphatic heterocycles. The maximum Gasteiger partial charge on any atom is 0.220 e. The molecule has 6 heteroatoms. The highest BCUT2D eigenvalue weighted by Crippen LogP contribution is 2.29. The number of likely N-dealkylation sites (tertiary alicyclic amines) is 1. The smallest absolute Gasteiger partial charge is 0.220 e. The zero-order valence-electron chi connectivity index (χ0n) is 16.6. The predicted molar refractivity (Wildman–Crippen MR) is 114 cm³/mol. The van der Waals surface area contributed by atoms with Crippen LogP contribution in [0.1, 0.15) is 42.1 Å². The summed E-state index contributed by atoms with van der Waals surface area (Å²) in [7, 11) is 0. The Morgan fingerprint density at radius 1 is 1.21 bits per heavy atom. The van der Waals surface area contributed by atoms with Crippen LogP contribution < -0.4 is 5.32 Å². The van der Waals surface area contributed by atoms with Gasteiger partial charge in [-0.1, -0.05) is 35.9 Å². The number of carbonyl (C=O) groups is 1. The minimum Gasteiger partial charge on any atom is -0.386 e.